The number of fused-ring (bicyclic) bond motifs is 1. The summed E-state index contributed by atoms with van der Waals surface area (Å²) in [5.74, 6) is -0.587. The van der Waals surface area contributed by atoms with E-state index in [9.17, 15) is 9.59 Å². The van der Waals surface area contributed by atoms with E-state index in [0.717, 1.165) is 0 Å². The highest BCUT2D eigenvalue weighted by Gasteiger charge is 2.47. The van der Waals surface area contributed by atoms with Gasteiger partial charge >= 0.3 is 0 Å². The fraction of sp³-hybridized carbons (Fsp3) is 0.286. The normalized spacial score (nSPS) is 26.6. The Hall–Kier alpha value is -1.61. The Morgan fingerprint density at radius 3 is 2.22 bits per heavy atom. The molecule has 1 fully saturated rings. The number of rotatable bonds is 1. The second kappa shape index (κ2) is 4.25. The molecule has 3 rings (SSSR count). The van der Waals surface area contributed by atoms with Crippen LogP contribution in [0.4, 0.5) is 5.69 Å². The first-order valence-electron chi connectivity index (χ1n) is 5.97. The Kier molecular flexibility index (Phi) is 2.71. The SMILES string of the molecule is O=C1C2CC=CCC2C(=O)N1c1cccc(Cl)c1. The molecule has 2 unspecified atom stereocenters. The molecule has 0 spiro atoms. The monoisotopic (exact) mass is 261 g/mol. The molecular weight excluding hydrogens is 250 g/mol. The van der Waals surface area contributed by atoms with Gasteiger partial charge in [-0.25, -0.2) is 4.90 Å². The molecule has 1 heterocycles. The van der Waals surface area contributed by atoms with Crippen molar-refractivity contribution in [3.05, 3.63) is 41.4 Å². The topological polar surface area (TPSA) is 37.4 Å². The van der Waals surface area contributed by atoms with E-state index in [1.807, 2.05) is 12.2 Å². The van der Waals surface area contributed by atoms with Gasteiger partial charge in [0.15, 0.2) is 0 Å². The van der Waals surface area contributed by atoms with Gasteiger partial charge in [0, 0.05) is 5.02 Å². The molecule has 1 aromatic rings. The molecular formula is C14H12ClNO2. The van der Waals surface area contributed by atoms with Crippen LogP contribution in [0.3, 0.4) is 0 Å². The van der Waals surface area contributed by atoms with Crippen LogP contribution in [-0.4, -0.2) is 11.8 Å². The number of allylic oxidation sites excluding steroid dienone is 2. The van der Waals surface area contributed by atoms with E-state index in [4.69, 9.17) is 11.6 Å². The predicted octanol–water partition coefficient (Wildman–Crippen LogP) is 2.80. The Bertz CT molecular complexity index is 526. The molecule has 1 aliphatic heterocycles. The molecule has 1 aromatic carbocycles. The first-order valence-corrected chi connectivity index (χ1v) is 6.34. The minimum atomic E-state index is -0.193. The van der Waals surface area contributed by atoms with E-state index in [2.05, 4.69) is 0 Å². The van der Waals surface area contributed by atoms with E-state index in [0.29, 0.717) is 23.6 Å². The van der Waals surface area contributed by atoms with Gasteiger partial charge in [0.2, 0.25) is 11.8 Å². The van der Waals surface area contributed by atoms with E-state index >= 15 is 0 Å². The second-order valence-electron chi connectivity index (χ2n) is 4.65. The van der Waals surface area contributed by atoms with Crippen molar-refractivity contribution in [3.8, 4) is 0 Å². The molecule has 0 N–H and O–H groups in total. The largest absolute Gasteiger partial charge is 0.274 e. The van der Waals surface area contributed by atoms with E-state index < -0.39 is 0 Å². The zero-order chi connectivity index (χ0) is 12.7. The molecule has 1 aliphatic carbocycles. The quantitative estimate of drug-likeness (QED) is 0.576. The number of halogens is 1. The van der Waals surface area contributed by atoms with Crippen LogP contribution in [0.25, 0.3) is 0 Å². The third-order valence-corrected chi connectivity index (χ3v) is 3.81. The van der Waals surface area contributed by atoms with Crippen molar-refractivity contribution >= 4 is 29.1 Å². The summed E-state index contributed by atoms with van der Waals surface area (Å²) in [5.41, 5.74) is 0.576. The molecule has 2 atom stereocenters. The Balaban J connectivity index is 1.99. The summed E-state index contributed by atoms with van der Waals surface area (Å²) in [6.45, 7) is 0. The molecule has 0 aromatic heterocycles. The van der Waals surface area contributed by atoms with Crippen molar-refractivity contribution < 1.29 is 9.59 Å². The van der Waals surface area contributed by atoms with Gasteiger partial charge in [-0.3, -0.25) is 9.59 Å². The van der Waals surface area contributed by atoms with E-state index in [1.54, 1.807) is 24.3 Å². The lowest BCUT2D eigenvalue weighted by molar-refractivity contribution is -0.122. The van der Waals surface area contributed by atoms with Crippen LogP contribution < -0.4 is 4.90 Å². The first kappa shape index (κ1) is 11.5. The Labute approximate surface area is 110 Å². The maximum absolute atomic E-state index is 12.3. The van der Waals surface area contributed by atoms with Crippen LogP contribution in [0.5, 0.6) is 0 Å². The maximum Gasteiger partial charge on any atom is 0.238 e. The van der Waals surface area contributed by atoms with Crippen molar-refractivity contribution in [2.24, 2.45) is 11.8 Å². The van der Waals surface area contributed by atoms with Crippen molar-refractivity contribution in [3.63, 3.8) is 0 Å². The number of carbonyl (C=O) groups excluding carboxylic acids is 2. The molecule has 0 saturated carbocycles. The molecule has 2 aliphatic rings. The molecule has 92 valence electrons. The van der Waals surface area contributed by atoms with Gasteiger partial charge in [0.05, 0.1) is 17.5 Å². The minimum Gasteiger partial charge on any atom is -0.274 e. The fourth-order valence-electron chi connectivity index (χ4n) is 2.67. The number of benzene rings is 1. The van der Waals surface area contributed by atoms with Crippen molar-refractivity contribution in [1.82, 2.24) is 0 Å². The van der Waals surface area contributed by atoms with Crippen LogP contribution in [0, 0.1) is 11.8 Å². The van der Waals surface area contributed by atoms with Crippen LogP contribution in [0.1, 0.15) is 12.8 Å². The van der Waals surface area contributed by atoms with Crippen molar-refractivity contribution in [1.29, 1.82) is 0 Å². The van der Waals surface area contributed by atoms with E-state index in [1.165, 1.54) is 4.90 Å². The fourth-order valence-corrected chi connectivity index (χ4v) is 2.85. The number of carbonyl (C=O) groups is 2. The third kappa shape index (κ3) is 1.66. The lowest BCUT2D eigenvalue weighted by atomic mass is 9.85. The van der Waals surface area contributed by atoms with Gasteiger partial charge in [0.1, 0.15) is 0 Å². The van der Waals surface area contributed by atoms with Crippen molar-refractivity contribution in [2.75, 3.05) is 4.90 Å². The van der Waals surface area contributed by atoms with Gasteiger partial charge in [-0.15, -0.1) is 0 Å². The smallest absolute Gasteiger partial charge is 0.238 e. The predicted molar refractivity (Wildman–Crippen MR) is 69.3 cm³/mol. The Morgan fingerprint density at radius 2 is 1.67 bits per heavy atom. The van der Waals surface area contributed by atoms with Gasteiger partial charge < -0.3 is 0 Å². The summed E-state index contributed by atoms with van der Waals surface area (Å²) in [4.78, 5) is 25.9. The van der Waals surface area contributed by atoms with Gasteiger partial charge in [-0.2, -0.15) is 0 Å². The van der Waals surface area contributed by atoms with Gasteiger partial charge in [-0.1, -0.05) is 29.8 Å². The molecule has 1 saturated heterocycles. The number of anilines is 1. The average molecular weight is 262 g/mol. The highest BCUT2D eigenvalue weighted by molar-refractivity contribution is 6.31. The summed E-state index contributed by atoms with van der Waals surface area (Å²) in [6, 6.07) is 6.87. The molecule has 0 radical (unpaired) electrons. The highest BCUT2D eigenvalue weighted by Crippen LogP contribution is 2.37. The van der Waals surface area contributed by atoms with E-state index in [-0.39, 0.29) is 23.7 Å². The van der Waals surface area contributed by atoms with Gasteiger partial charge in [-0.05, 0) is 31.0 Å². The van der Waals surface area contributed by atoms with Crippen LogP contribution >= 0.6 is 11.6 Å². The van der Waals surface area contributed by atoms with Crippen LogP contribution in [0.15, 0.2) is 36.4 Å². The van der Waals surface area contributed by atoms with Gasteiger partial charge in [0.25, 0.3) is 0 Å². The standard InChI is InChI=1S/C14H12ClNO2/c15-9-4-3-5-10(8-9)16-13(17)11-6-1-2-7-12(11)14(16)18/h1-5,8,11-12H,6-7H2. The summed E-state index contributed by atoms with van der Waals surface area (Å²) in [6.07, 6.45) is 5.28. The third-order valence-electron chi connectivity index (χ3n) is 3.57. The first-order chi connectivity index (χ1) is 8.68. The molecule has 3 nitrogen and oxygen atoms in total. The van der Waals surface area contributed by atoms with Crippen LogP contribution in [-0.2, 0) is 9.59 Å². The maximum atomic E-state index is 12.3. The second-order valence-corrected chi connectivity index (χ2v) is 5.08. The van der Waals surface area contributed by atoms with Crippen LogP contribution in [0.2, 0.25) is 5.02 Å². The van der Waals surface area contributed by atoms with Crippen molar-refractivity contribution in [2.45, 2.75) is 12.8 Å². The summed E-state index contributed by atoms with van der Waals surface area (Å²) in [7, 11) is 0. The lowest BCUT2D eigenvalue weighted by Crippen LogP contribution is -2.30. The average Bonchev–Trinajstić information content (AvgIpc) is 2.63. The number of nitrogens with zero attached hydrogens (tertiary/aromatic N) is 1. The number of hydrogen-bond donors (Lipinski definition) is 0. The number of imide groups is 1. The zero-order valence-corrected chi connectivity index (χ0v) is 10.4. The molecule has 4 heteroatoms. The number of amides is 2. The summed E-state index contributed by atoms with van der Waals surface area (Å²) in [5, 5.41) is 0.529. The summed E-state index contributed by atoms with van der Waals surface area (Å²) >= 11 is 5.91. The molecule has 0 bridgehead atoms. The molecule has 18 heavy (non-hydrogen) atoms. The highest BCUT2D eigenvalue weighted by atomic mass is 35.5. The summed E-state index contributed by atoms with van der Waals surface area (Å²) < 4.78 is 0. The zero-order valence-electron chi connectivity index (χ0n) is 9.67. The Morgan fingerprint density at radius 1 is 1.06 bits per heavy atom. The lowest BCUT2D eigenvalue weighted by Gasteiger charge is -2.14. The number of hydrogen-bond acceptors (Lipinski definition) is 2. The minimum absolute atomic E-state index is 0.100. The molecule has 2 amide bonds.